The molecular formula is C19H31N3O6S. The van der Waals surface area contributed by atoms with E-state index in [1.54, 1.807) is 20.8 Å². The molecule has 2 N–H and O–H groups in total. The minimum Gasteiger partial charge on any atom is -0.438 e. The first-order chi connectivity index (χ1) is 13.7. The lowest BCUT2D eigenvalue weighted by Crippen LogP contribution is -2.52. The average molecular weight is 430 g/mol. The molecule has 1 aromatic rings. The number of morpholine rings is 1. The van der Waals surface area contributed by atoms with Gasteiger partial charge in [0.2, 0.25) is 5.09 Å². The van der Waals surface area contributed by atoms with E-state index >= 15 is 0 Å². The molecule has 0 bridgehead atoms. The number of carbonyl (C=O) groups is 1. The van der Waals surface area contributed by atoms with Crippen LogP contribution >= 0.6 is 0 Å². The van der Waals surface area contributed by atoms with Gasteiger partial charge in [-0.15, -0.1) is 0 Å². The number of nitrogens with one attached hydrogen (secondary N) is 2. The number of hydrogen-bond donors (Lipinski definition) is 2. The van der Waals surface area contributed by atoms with Crippen molar-refractivity contribution in [3.05, 3.63) is 17.9 Å². The van der Waals surface area contributed by atoms with Gasteiger partial charge in [-0.3, -0.25) is 9.69 Å². The van der Waals surface area contributed by atoms with Gasteiger partial charge in [0.25, 0.3) is 15.9 Å². The molecule has 0 aromatic carbocycles. The second-order valence-corrected chi connectivity index (χ2v) is 10.1. The number of nitrogens with zero attached hydrogens (tertiary/aromatic N) is 1. The van der Waals surface area contributed by atoms with Gasteiger partial charge in [-0.2, -0.15) is 0 Å². The minimum absolute atomic E-state index is 0.0253. The van der Waals surface area contributed by atoms with Crippen LogP contribution in [-0.2, 0) is 19.5 Å². The molecule has 164 valence electrons. The zero-order chi connectivity index (χ0) is 21.1. The van der Waals surface area contributed by atoms with Gasteiger partial charge in [0.15, 0.2) is 5.76 Å². The highest BCUT2D eigenvalue weighted by molar-refractivity contribution is 7.89. The fourth-order valence-electron chi connectivity index (χ4n) is 3.68. The maximum Gasteiger partial charge on any atom is 0.287 e. The SMILES string of the molecule is CC(C)(C)NS(=O)(=O)c1ccc(C(=O)NCC(C2CCOC2)N2CCOCC2)o1. The smallest absolute Gasteiger partial charge is 0.287 e. The Morgan fingerprint density at radius 1 is 1.21 bits per heavy atom. The van der Waals surface area contributed by atoms with E-state index in [2.05, 4.69) is 14.9 Å². The number of rotatable bonds is 7. The highest BCUT2D eigenvalue weighted by atomic mass is 32.2. The van der Waals surface area contributed by atoms with E-state index in [1.807, 2.05) is 0 Å². The molecule has 0 spiro atoms. The molecule has 2 aliphatic rings. The van der Waals surface area contributed by atoms with Gasteiger partial charge in [-0.1, -0.05) is 0 Å². The predicted octanol–water partition coefficient (Wildman–Crippen LogP) is 0.824. The molecule has 0 aliphatic carbocycles. The van der Waals surface area contributed by atoms with Gasteiger partial charge in [0, 0.05) is 43.7 Å². The summed E-state index contributed by atoms with van der Waals surface area (Å²) in [6, 6.07) is 2.83. The second-order valence-electron chi connectivity index (χ2n) is 8.52. The van der Waals surface area contributed by atoms with Crippen molar-refractivity contribution in [2.75, 3.05) is 46.1 Å². The Balaban J connectivity index is 1.63. The molecular weight excluding hydrogens is 398 g/mol. The van der Waals surface area contributed by atoms with Crippen LogP contribution in [0.3, 0.4) is 0 Å². The summed E-state index contributed by atoms with van der Waals surface area (Å²) in [5.41, 5.74) is -0.650. The standard InChI is InChI=1S/C19H31N3O6S/c1-19(2,3)21-29(24,25)17-5-4-16(28-17)18(23)20-12-15(14-6-9-27-13-14)22-7-10-26-11-8-22/h4-5,14-15,21H,6-13H2,1-3H3,(H,20,23). The summed E-state index contributed by atoms with van der Waals surface area (Å²) in [6.45, 7) is 10.1. The summed E-state index contributed by atoms with van der Waals surface area (Å²) in [5.74, 6) is -0.112. The molecule has 2 aliphatic heterocycles. The van der Waals surface area contributed by atoms with Crippen molar-refractivity contribution in [2.45, 2.75) is 43.9 Å². The molecule has 3 heterocycles. The maximum atomic E-state index is 12.6. The van der Waals surface area contributed by atoms with Crippen molar-refractivity contribution in [2.24, 2.45) is 5.92 Å². The first-order valence-corrected chi connectivity index (χ1v) is 11.5. The summed E-state index contributed by atoms with van der Waals surface area (Å²) in [5, 5.41) is 2.63. The highest BCUT2D eigenvalue weighted by Gasteiger charge is 2.32. The molecule has 2 unspecified atom stereocenters. The third kappa shape index (κ3) is 6.02. The molecule has 29 heavy (non-hydrogen) atoms. The lowest BCUT2D eigenvalue weighted by molar-refractivity contribution is 0.00159. The number of furan rings is 1. The molecule has 10 heteroatoms. The first-order valence-electron chi connectivity index (χ1n) is 9.97. The van der Waals surface area contributed by atoms with Crippen molar-refractivity contribution < 1.29 is 27.1 Å². The molecule has 9 nitrogen and oxygen atoms in total. The van der Waals surface area contributed by atoms with Crippen LogP contribution in [-0.4, -0.2) is 76.9 Å². The largest absolute Gasteiger partial charge is 0.438 e. The fourth-order valence-corrected chi connectivity index (χ4v) is 5.04. The van der Waals surface area contributed by atoms with E-state index in [1.165, 1.54) is 12.1 Å². The van der Waals surface area contributed by atoms with Crippen molar-refractivity contribution in [3.63, 3.8) is 0 Å². The summed E-state index contributed by atoms with van der Waals surface area (Å²) in [6.07, 6.45) is 0.958. The average Bonchev–Trinajstić information content (AvgIpc) is 3.33. The Hall–Kier alpha value is -1.46. The first kappa shape index (κ1) is 22.2. The van der Waals surface area contributed by atoms with E-state index in [9.17, 15) is 13.2 Å². The molecule has 0 radical (unpaired) electrons. The van der Waals surface area contributed by atoms with Crippen molar-refractivity contribution in [3.8, 4) is 0 Å². The Kier molecular flexibility index (Phi) is 7.00. The number of carbonyl (C=O) groups excluding carboxylic acids is 1. The topological polar surface area (TPSA) is 110 Å². The molecule has 3 rings (SSSR count). The van der Waals surface area contributed by atoms with Gasteiger partial charge in [-0.05, 0) is 39.3 Å². The highest BCUT2D eigenvalue weighted by Crippen LogP contribution is 2.22. The van der Waals surface area contributed by atoms with E-state index in [0.717, 1.165) is 26.1 Å². The zero-order valence-corrected chi connectivity index (χ0v) is 18.1. The predicted molar refractivity (Wildman–Crippen MR) is 106 cm³/mol. The third-order valence-corrected chi connectivity index (χ3v) is 6.64. The third-order valence-electron chi connectivity index (χ3n) is 5.01. The van der Waals surface area contributed by atoms with Crippen LogP contribution in [0.25, 0.3) is 0 Å². The molecule has 2 saturated heterocycles. The number of ether oxygens (including phenoxy) is 2. The van der Waals surface area contributed by atoms with E-state index < -0.39 is 21.5 Å². The summed E-state index contributed by atoms with van der Waals surface area (Å²) in [7, 11) is -3.83. The van der Waals surface area contributed by atoms with Crippen LogP contribution in [0.1, 0.15) is 37.7 Å². The van der Waals surface area contributed by atoms with Gasteiger partial charge in [0.05, 0.1) is 19.8 Å². The van der Waals surface area contributed by atoms with E-state index in [4.69, 9.17) is 13.9 Å². The van der Waals surface area contributed by atoms with Gasteiger partial charge < -0.3 is 19.2 Å². The summed E-state index contributed by atoms with van der Waals surface area (Å²) in [4.78, 5) is 14.9. The van der Waals surface area contributed by atoms with Gasteiger partial charge >= 0.3 is 0 Å². The van der Waals surface area contributed by atoms with Crippen LogP contribution in [0.2, 0.25) is 0 Å². The maximum absolute atomic E-state index is 12.6. The molecule has 1 aromatic heterocycles. The molecule has 1 amide bonds. The Bertz CT molecular complexity index is 789. The number of amides is 1. The van der Waals surface area contributed by atoms with Crippen LogP contribution in [0.4, 0.5) is 0 Å². The minimum atomic E-state index is -3.83. The molecule has 2 atom stereocenters. The van der Waals surface area contributed by atoms with Gasteiger partial charge in [-0.25, -0.2) is 13.1 Å². The quantitative estimate of drug-likeness (QED) is 0.660. The van der Waals surface area contributed by atoms with Crippen molar-refractivity contribution >= 4 is 15.9 Å². The Morgan fingerprint density at radius 3 is 2.55 bits per heavy atom. The molecule has 2 fully saturated rings. The second kappa shape index (κ2) is 9.13. The van der Waals surface area contributed by atoms with Crippen molar-refractivity contribution in [1.29, 1.82) is 0 Å². The van der Waals surface area contributed by atoms with Crippen LogP contribution in [0.5, 0.6) is 0 Å². The normalized spacial score (nSPS) is 22.5. The summed E-state index contributed by atoms with van der Waals surface area (Å²) < 4.78 is 43.5. The lowest BCUT2D eigenvalue weighted by Gasteiger charge is -2.37. The Labute approximate surface area is 172 Å². The number of hydrogen-bond acceptors (Lipinski definition) is 7. The van der Waals surface area contributed by atoms with E-state index in [0.29, 0.717) is 32.3 Å². The van der Waals surface area contributed by atoms with Crippen LogP contribution in [0, 0.1) is 5.92 Å². The zero-order valence-electron chi connectivity index (χ0n) is 17.3. The van der Waals surface area contributed by atoms with E-state index in [-0.39, 0.29) is 16.9 Å². The molecule has 0 saturated carbocycles. The monoisotopic (exact) mass is 429 g/mol. The van der Waals surface area contributed by atoms with Crippen LogP contribution < -0.4 is 10.0 Å². The number of sulfonamides is 1. The Morgan fingerprint density at radius 2 is 1.93 bits per heavy atom. The van der Waals surface area contributed by atoms with Gasteiger partial charge in [0.1, 0.15) is 0 Å². The lowest BCUT2D eigenvalue weighted by atomic mass is 9.97. The summed E-state index contributed by atoms with van der Waals surface area (Å²) >= 11 is 0. The van der Waals surface area contributed by atoms with Crippen LogP contribution in [0.15, 0.2) is 21.6 Å². The fraction of sp³-hybridized carbons (Fsp3) is 0.737. The van der Waals surface area contributed by atoms with Crippen molar-refractivity contribution in [1.82, 2.24) is 14.9 Å².